The Hall–Kier alpha value is 0.0169. The molecule has 0 bridgehead atoms. The first kappa shape index (κ1) is 12.0. The van der Waals surface area contributed by atoms with Gasteiger partial charge in [0.25, 0.3) is 0 Å². The lowest BCUT2D eigenvalue weighted by Gasteiger charge is -2.16. The Balaban J connectivity index is 3.42. The largest absolute Gasteiger partial charge is 0.495 e. The van der Waals surface area contributed by atoms with Gasteiger partial charge < -0.3 is 25.5 Å². The van der Waals surface area contributed by atoms with E-state index in [1.807, 2.05) is 0 Å². The van der Waals surface area contributed by atoms with Crippen LogP contribution in [0.4, 0.5) is 0 Å². The molecule has 6 heteroatoms. The van der Waals surface area contributed by atoms with E-state index in [0.717, 1.165) is 0 Å². The van der Waals surface area contributed by atoms with Crippen LogP contribution >= 0.6 is 0 Å². The first-order valence-electron chi connectivity index (χ1n) is 4.11. The fourth-order valence-electron chi connectivity index (χ4n) is 0.723. The van der Waals surface area contributed by atoms with Gasteiger partial charge in [0.15, 0.2) is 0 Å². The number of nitrogens with two attached hydrogens (primary N) is 2. The molecule has 74 valence electrons. The Morgan fingerprint density at radius 2 is 1.67 bits per heavy atom. The summed E-state index contributed by atoms with van der Waals surface area (Å²) in [6.07, 6.45) is 1.24. The van der Waals surface area contributed by atoms with E-state index in [1.54, 1.807) is 0 Å². The molecule has 0 aromatic heterocycles. The van der Waals surface area contributed by atoms with Gasteiger partial charge in [-0.25, -0.2) is 0 Å². The molecule has 0 amide bonds. The zero-order valence-corrected chi connectivity index (χ0v) is 8.20. The lowest BCUT2D eigenvalue weighted by atomic mass is 10.5. The minimum atomic E-state index is -3.40. The van der Waals surface area contributed by atoms with Gasteiger partial charge in [-0.1, -0.05) is 0 Å². The number of hydrogen-bond donors (Lipinski definition) is 4. The van der Waals surface area contributed by atoms with E-state index in [9.17, 15) is 9.59 Å². The predicted octanol–water partition coefficient (Wildman–Crippen LogP) is -1.38. The van der Waals surface area contributed by atoms with Crippen molar-refractivity contribution < 1.29 is 14.0 Å². The third-order valence-corrected chi connectivity index (χ3v) is 3.06. The maximum absolute atomic E-state index is 9.25. The summed E-state index contributed by atoms with van der Waals surface area (Å²) < 4.78 is 4.89. The number of hydrogen-bond acceptors (Lipinski definition) is 5. The third-order valence-electron chi connectivity index (χ3n) is 1.39. The fraction of sp³-hybridized carbons (Fsp3) is 1.00. The van der Waals surface area contributed by atoms with Crippen LogP contribution in [0.5, 0.6) is 0 Å². The van der Waals surface area contributed by atoms with E-state index in [-0.39, 0.29) is 6.04 Å². The van der Waals surface area contributed by atoms with Gasteiger partial charge in [0, 0.05) is 12.7 Å². The monoisotopic (exact) mass is 194 g/mol. The quantitative estimate of drug-likeness (QED) is 0.296. The van der Waals surface area contributed by atoms with Crippen molar-refractivity contribution in [2.24, 2.45) is 11.5 Å². The van der Waals surface area contributed by atoms with Crippen LogP contribution in [0.3, 0.4) is 0 Å². The summed E-state index contributed by atoms with van der Waals surface area (Å²) in [6.45, 7) is 1.28. The average molecular weight is 194 g/mol. The molecule has 0 heterocycles. The van der Waals surface area contributed by atoms with Crippen LogP contribution in [0.25, 0.3) is 0 Å². The molecule has 0 aromatic carbocycles. The lowest BCUT2D eigenvalue weighted by molar-refractivity contribution is 0.146. The van der Waals surface area contributed by atoms with Gasteiger partial charge >= 0.3 is 8.80 Å². The van der Waals surface area contributed by atoms with Crippen molar-refractivity contribution in [3.63, 3.8) is 0 Å². The van der Waals surface area contributed by atoms with Crippen LogP contribution in [0.2, 0.25) is 6.04 Å². The smallest absolute Gasteiger partial charge is 0.390 e. The van der Waals surface area contributed by atoms with E-state index in [0.29, 0.717) is 32.5 Å². The molecule has 0 aliphatic heterocycles. The molecule has 12 heavy (non-hydrogen) atoms. The molecule has 0 spiro atoms. The van der Waals surface area contributed by atoms with E-state index in [1.165, 1.54) is 0 Å². The van der Waals surface area contributed by atoms with Crippen molar-refractivity contribution >= 4 is 8.80 Å². The Labute approximate surface area is 73.7 Å². The molecule has 6 N–H and O–H groups in total. The topological polar surface area (TPSA) is 102 Å². The lowest BCUT2D eigenvalue weighted by Crippen LogP contribution is -2.39. The SMILES string of the molecule is NCCCO[Si](O)(O)CCCN. The summed E-state index contributed by atoms with van der Waals surface area (Å²) in [7, 11) is -3.40. The molecule has 0 aromatic rings. The van der Waals surface area contributed by atoms with Crippen molar-refractivity contribution in [3.8, 4) is 0 Å². The first-order valence-corrected chi connectivity index (χ1v) is 6.12. The Kier molecular flexibility index (Phi) is 6.53. The van der Waals surface area contributed by atoms with E-state index in [4.69, 9.17) is 15.9 Å². The van der Waals surface area contributed by atoms with Gasteiger partial charge in [-0.2, -0.15) is 0 Å². The highest BCUT2D eigenvalue weighted by atomic mass is 28.4. The fourth-order valence-corrected chi connectivity index (χ4v) is 2.00. The second-order valence-electron chi connectivity index (χ2n) is 2.63. The van der Waals surface area contributed by atoms with Crippen LogP contribution in [0, 0.1) is 0 Å². The Morgan fingerprint density at radius 3 is 2.17 bits per heavy atom. The summed E-state index contributed by atoms with van der Waals surface area (Å²) in [5.74, 6) is 0. The van der Waals surface area contributed by atoms with Gasteiger partial charge in [0.05, 0.1) is 0 Å². The minimum absolute atomic E-state index is 0.272. The molecule has 0 radical (unpaired) electrons. The van der Waals surface area contributed by atoms with E-state index < -0.39 is 8.80 Å². The van der Waals surface area contributed by atoms with Crippen molar-refractivity contribution in [2.75, 3.05) is 19.7 Å². The van der Waals surface area contributed by atoms with Gasteiger partial charge in [-0.3, -0.25) is 0 Å². The second kappa shape index (κ2) is 6.52. The molecule has 0 fully saturated rings. The van der Waals surface area contributed by atoms with Crippen LogP contribution in [0.15, 0.2) is 0 Å². The normalized spacial score (nSPS) is 12.0. The third kappa shape index (κ3) is 6.71. The highest BCUT2D eigenvalue weighted by molar-refractivity contribution is 6.57. The standard InChI is InChI=1S/C6H18N2O3Si/c7-3-1-5-11-12(9,10)6-2-4-8/h9-10H,1-8H2. The van der Waals surface area contributed by atoms with Crippen molar-refractivity contribution in [3.05, 3.63) is 0 Å². The predicted molar refractivity (Wildman–Crippen MR) is 48.3 cm³/mol. The zero-order valence-electron chi connectivity index (χ0n) is 7.20. The van der Waals surface area contributed by atoms with E-state index in [2.05, 4.69) is 0 Å². The molecule has 0 unspecified atom stereocenters. The summed E-state index contributed by atoms with van der Waals surface area (Å²) >= 11 is 0. The summed E-state index contributed by atoms with van der Waals surface area (Å²) in [5, 5.41) is 0. The molecule has 0 atom stereocenters. The first-order chi connectivity index (χ1) is 5.62. The summed E-state index contributed by atoms with van der Waals surface area (Å²) in [6, 6.07) is 0.272. The molecule has 0 rings (SSSR count). The number of rotatable bonds is 7. The second-order valence-corrected chi connectivity index (χ2v) is 4.90. The Bertz CT molecular complexity index is 113. The van der Waals surface area contributed by atoms with E-state index >= 15 is 0 Å². The summed E-state index contributed by atoms with van der Waals surface area (Å²) in [4.78, 5) is 18.5. The average Bonchev–Trinajstić information content (AvgIpc) is 2.01. The van der Waals surface area contributed by atoms with Crippen molar-refractivity contribution in [1.29, 1.82) is 0 Å². The van der Waals surface area contributed by atoms with Crippen LogP contribution < -0.4 is 11.5 Å². The van der Waals surface area contributed by atoms with Gasteiger partial charge in [0.2, 0.25) is 0 Å². The van der Waals surface area contributed by atoms with Crippen LogP contribution in [-0.4, -0.2) is 38.1 Å². The molecule has 0 aliphatic carbocycles. The minimum Gasteiger partial charge on any atom is -0.390 e. The molecule has 0 saturated heterocycles. The van der Waals surface area contributed by atoms with Gasteiger partial charge in [-0.15, -0.1) is 0 Å². The zero-order chi connectivity index (χ0) is 9.45. The highest BCUT2D eigenvalue weighted by Crippen LogP contribution is 2.06. The molecular formula is C6H18N2O3Si. The van der Waals surface area contributed by atoms with Crippen molar-refractivity contribution in [1.82, 2.24) is 0 Å². The molecule has 0 saturated carbocycles. The van der Waals surface area contributed by atoms with Crippen LogP contribution in [0.1, 0.15) is 12.8 Å². The molecule has 0 aliphatic rings. The van der Waals surface area contributed by atoms with Gasteiger partial charge in [-0.05, 0) is 25.9 Å². The maximum atomic E-state index is 9.25. The van der Waals surface area contributed by atoms with Crippen LogP contribution in [-0.2, 0) is 4.43 Å². The molecule has 5 nitrogen and oxygen atoms in total. The maximum Gasteiger partial charge on any atom is 0.495 e. The van der Waals surface area contributed by atoms with Gasteiger partial charge in [0.1, 0.15) is 0 Å². The highest BCUT2D eigenvalue weighted by Gasteiger charge is 2.30. The molecular weight excluding hydrogens is 176 g/mol. The summed E-state index contributed by atoms with van der Waals surface area (Å²) in [5.41, 5.74) is 10.4. The van der Waals surface area contributed by atoms with Crippen molar-refractivity contribution in [2.45, 2.75) is 18.9 Å². The Morgan fingerprint density at radius 1 is 1.08 bits per heavy atom.